The molecule has 0 fully saturated rings. The van der Waals surface area contributed by atoms with Gasteiger partial charge in [-0.05, 0) is 6.04 Å². The molecule has 0 unspecified atom stereocenters. The number of nitrogens with two attached hydrogens (primary N) is 1. The minimum absolute atomic E-state index is 0. The molecule has 0 aliphatic rings. The molecule has 5 heteroatoms. The molecule has 0 aromatic rings. The quantitative estimate of drug-likeness (QED) is 0.668. The second-order valence-corrected chi connectivity index (χ2v) is 9.24. The predicted molar refractivity (Wildman–Crippen MR) is 51.0 cm³/mol. The van der Waals surface area contributed by atoms with Crippen molar-refractivity contribution in [2.75, 3.05) is 0 Å². The lowest BCUT2D eigenvalue weighted by Crippen LogP contribution is -2.37. The second-order valence-electron chi connectivity index (χ2n) is 3.71. The van der Waals surface area contributed by atoms with Gasteiger partial charge in [0.05, 0.1) is 0 Å². The van der Waals surface area contributed by atoms with Crippen LogP contribution in [0, 0.1) is 0 Å². The fourth-order valence-electron chi connectivity index (χ4n) is 0.747. The molecule has 0 aromatic carbocycles. The molecule has 0 radical (unpaired) electrons. The summed E-state index contributed by atoms with van der Waals surface area (Å²) in [6.45, 7) is 6.32. The monoisotopic (exact) mass is 197 g/mol. The topological polar surface area (TPSA) is 63.3 Å². The van der Waals surface area contributed by atoms with Crippen molar-refractivity contribution in [3.63, 3.8) is 0 Å². The van der Waals surface area contributed by atoms with E-state index in [1.54, 1.807) is 0 Å². The number of rotatable bonds is 3. The minimum Gasteiger partial charge on any atom is -0.480 e. The zero-order valence-electron chi connectivity index (χ0n) is 7.13. The van der Waals surface area contributed by atoms with Crippen molar-refractivity contribution in [3.05, 3.63) is 0 Å². The van der Waals surface area contributed by atoms with Crippen molar-refractivity contribution in [3.8, 4) is 0 Å². The predicted octanol–water partition coefficient (Wildman–Crippen LogP) is 1.16. The van der Waals surface area contributed by atoms with Crippen LogP contribution in [0.4, 0.5) is 0 Å². The third-order valence-electron chi connectivity index (χ3n) is 1.15. The van der Waals surface area contributed by atoms with Gasteiger partial charge >= 0.3 is 5.97 Å². The van der Waals surface area contributed by atoms with Gasteiger partial charge in [0.2, 0.25) is 0 Å². The van der Waals surface area contributed by atoms with Gasteiger partial charge in [-0.25, -0.2) is 0 Å². The van der Waals surface area contributed by atoms with Crippen LogP contribution in [-0.2, 0) is 4.79 Å². The first-order chi connectivity index (χ1) is 4.33. The Kier molecular flexibility index (Phi) is 5.83. The van der Waals surface area contributed by atoms with Crippen molar-refractivity contribution in [1.82, 2.24) is 0 Å². The van der Waals surface area contributed by atoms with Gasteiger partial charge in [0.25, 0.3) is 0 Å². The Balaban J connectivity index is 0. The Morgan fingerprint density at radius 2 is 1.91 bits per heavy atom. The van der Waals surface area contributed by atoms with Crippen molar-refractivity contribution in [2.24, 2.45) is 5.73 Å². The molecule has 3 N–H and O–H groups in total. The molecule has 0 heterocycles. The molecule has 0 aromatic heterocycles. The van der Waals surface area contributed by atoms with Gasteiger partial charge in [-0.2, -0.15) is 0 Å². The lowest BCUT2D eigenvalue weighted by atomic mass is 10.4. The molecule has 0 saturated carbocycles. The molecule has 0 bridgehead atoms. The highest BCUT2D eigenvalue weighted by molar-refractivity contribution is 6.76. The van der Waals surface area contributed by atoms with Crippen molar-refractivity contribution in [2.45, 2.75) is 31.7 Å². The first-order valence-corrected chi connectivity index (χ1v) is 7.02. The number of aliphatic carboxylic acids is 1. The lowest BCUT2D eigenvalue weighted by Gasteiger charge is -2.17. The maximum Gasteiger partial charge on any atom is 0.320 e. The SMILES string of the molecule is C[Si](C)(C)C[C@@H](N)C(=O)O.Cl. The molecule has 0 aliphatic carbocycles. The molecule has 0 aliphatic heterocycles. The summed E-state index contributed by atoms with van der Waals surface area (Å²) in [5.41, 5.74) is 5.34. The largest absolute Gasteiger partial charge is 0.480 e. The molecular weight excluding hydrogens is 182 g/mol. The summed E-state index contributed by atoms with van der Waals surface area (Å²) in [5, 5.41) is 8.44. The van der Waals surface area contributed by atoms with E-state index in [0.29, 0.717) is 6.04 Å². The summed E-state index contributed by atoms with van der Waals surface area (Å²) in [7, 11) is -1.29. The average Bonchev–Trinajstić information content (AvgIpc) is 1.60. The molecule has 0 spiro atoms. The van der Waals surface area contributed by atoms with E-state index in [9.17, 15) is 4.79 Å². The summed E-state index contributed by atoms with van der Waals surface area (Å²) >= 11 is 0. The van der Waals surface area contributed by atoms with Crippen LogP contribution in [0.15, 0.2) is 0 Å². The van der Waals surface area contributed by atoms with Gasteiger partial charge in [-0.15, -0.1) is 12.4 Å². The second kappa shape index (κ2) is 4.74. The van der Waals surface area contributed by atoms with E-state index in [0.717, 1.165) is 0 Å². The summed E-state index contributed by atoms with van der Waals surface area (Å²) < 4.78 is 0. The van der Waals surface area contributed by atoms with Crippen LogP contribution >= 0.6 is 12.4 Å². The average molecular weight is 198 g/mol. The Bertz CT molecular complexity index is 135. The number of hydrogen-bond acceptors (Lipinski definition) is 2. The molecule has 1 atom stereocenters. The first-order valence-electron chi connectivity index (χ1n) is 3.31. The van der Waals surface area contributed by atoms with Gasteiger partial charge in [0, 0.05) is 8.07 Å². The molecule has 3 nitrogen and oxygen atoms in total. The van der Waals surface area contributed by atoms with Crippen molar-refractivity contribution in [1.29, 1.82) is 0 Å². The van der Waals surface area contributed by atoms with E-state index < -0.39 is 20.1 Å². The van der Waals surface area contributed by atoms with E-state index in [2.05, 4.69) is 19.6 Å². The highest BCUT2D eigenvalue weighted by Crippen LogP contribution is 2.09. The Labute approximate surface area is 74.4 Å². The van der Waals surface area contributed by atoms with E-state index in [1.165, 1.54) is 0 Å². The fourth-order valence-corrected chi connectivity index (χ4v) is 2.24. The molecule has 0 saturated heterocycles. The fraction of sp³-hybridized carbons (Fsp3) is 0.833. The van der Waals surface area contributed by atoms with Crippen LogP contribution in [0.5, 0.6) is 0 Å². The zero-order chi connectivity index (χ0) is 8.36. The van der Waals surface area contributed by atoms with Gasteiger partial charge in [0.15, 0.2) is 0 Å². The van der Waals surface area contributed by atoms with Crippen molar-refractivity contribution < 1.29 is 9.90 Å². The number of hydrogen-bond donors (Lipinski definition) is 2. The molecule has 68 valence electrons. The molecule has 0 amide bonds. The Morgan fingerprint density at radius 1 is 1.55 bits per heavy atom. The van der Waals surface area contributed by atoms with E-state index in [1.807, 2.05) is 0 Å². The van der Waals surface area contributed by atoms with Gasteiger partial charge < -0.3 is 10.8 Å². The maximum atomic E-state index is 10.3. The lowest BCUT2D eigenvalue weighted by molar-refractivity contribution is -0.138. The summed E-state index contributed by atoms with van der Waals surface area (Å²) in [6, 6.07) is -0.00540. The van der Waals surface area contributed by atoms with E-state index >= 15 is 0 Å². The maximum absolute atomic E-state index is 10.3. The summed E-state index contributed by atoms with van der Waals surface area (Å²) in [6.07, 6.45) is 0. The van der Waals surface area contributed by atoms with Crippen LogP contribution < -0.4 is 5.73 Å². The zero-order valence-corrected chi connectivity index (χ0v) is 8.94. The van der Waals surface area contributed by atoms with Gasteiger partial charge in [-0.1, -0.05) is 19.6 Å². The Morgan fingerprint density at radius 3 is 2.00 bits per heavy atom. The number of carboxylic acid groups (broad SMARTS) is 1. The third-order valence-corrected chi connectivity index (χ3v) is 2.81. The third kappa shape index (κ3) is 7.84. The van der Waals surface area contributed by atoms with Gasteiger partial charge in [-0.3, -0.25) is 4.79 Å². The highest BCUT2D eigenvalue weighted by atomic mass is 35.5. The van der Waals surface area contributed by atoms with Crippen molar-refractivity contribution >= 4 is 26.5 Å². The molecular formula is C6H16ClNO2Si. The molecule has 0 rings (SSSR count). The standard InChI is InChI=1S/C6H15NO2Si.ClH/c1-10(2,3)4-5(7)6(8)9;/h5H,4,7H2,1-3H3,(H,8,9);1H/t5-;/m1./s1. The van der Waals surface area contributed by atoms with Crippen LogP contribution in [0.2, 0.25) is 25.7 Å². The van der Waals surface area contributed by atoms with Crippen LogP contribution in [0.1, 0.15) is 0 Å². The summed E-state index contributed by atoms with van der Waals surface area (Å²) in [4.78, 5) is 10.3. The normalized spacial score (nSPS) is 13.5. The number of carboxylic acids is 1. The first kappa shape index (κ1) is 13.5. The smallest absolute Gasteiger partial charge is 0.320 e. The van der Waals surface area contributed by atoms with E-state index in [4.69, 9.17) is 10.8 Å². The number of carbonyl (C=O) groups is 1. The minimum atomic E-state index is -1.29. The molecule has 11 heavy (non-hydrogen) atoms. The Hall–Kier alpha value is -0.0631. The highest BCUT2D eigenvalue weighted by Gasteiger charge is 2.21. The summed E-state index contributed by atoms with van der Waals surface area (Å²) in [5.74, 6) is -0.887. The van der Waals surface area contributed by atoms with Crippen LogP contribution in [0.3, 0.4) is 0 Å². The van der Waals surface area contributed by atoms with Crippen LogP contribution in [0.25, 0.3) is 0 Å². The van der Waals surface area contributed by atoms with Crippen LogP contribution in [-0.4, -0.2) is 25.2 Å². The number of halogens is 1. The van der Waals surface area contributed by atoms with Gasteiger partial charge in [0.1, 0.15) is 6.04 Å². The van der Waals surface area contributed by atoms with E-state index in [-0.39, 0.29) is 12.4 Å².